The molecule has 0 spiro atoms. The molecule has 2 nitrogen and oxygen atoms in total. The fraction of sp³-hybridized carbons (Fsp3) is 1.00. The van der Waals surface area contributed by atoms with Gasteiger partial charge in [-0.1, -0.05) is 26.2 Å². The Labute approximate surface area is 101 Å². The summed E-state index contributed by atoms with van der Waals surface area (Å²) >= 11 is 0. The first-order valence-electron chi connectivity index (χ1n) is 7.19. The van der Waals surface area contributed by atoms with Gasteiger partial charge in [0.2, 0.25) is 0 Å². The highest BCUT2D eigenvalue weighted by molar-refractivity contribution is 4.87. The molecule has 1 saturated heterocycles. The molecule has 4 unspecified atom stereocenters. The molecule has 4 atom stereocenters. The Morgan fingerprint density at radius 1 is 1.12 bits per heavy atom. The number of hydrogen-bond donors (Lipinski definition) is 1. The molecule has 2 fully saturated rings. The van der Waals surface area contributed by atoms with E-state index in [-0.39, 0.29) is 0 Å². The molecule has 0 radical (unpaired) electrons. The normalized spacial score (nSPS) is 42.2. The molecule has 0 aromatic carbocycles. The number of hydrogen-bond acceptors (Lipinski definition) is 2. The topological polar surface area (TPSA) is 15.3 Å². The molecule has 94 valence electrons. The Kier molecular flexibility index (Phi) is 4.26. The molecule has 1 aliphatic carbocycles. The van der Waals surface area contributed by atoms with Gasteiger partial charge in [-0.15, -0.1) is 0 Å². The van der Waals surface area contributed by atoms with Crippen LogP contribution in [-0.4, -0.2) is 36.1 Å². The smallest absolute Gasteiger partial charge is 0.0169 e. The number of nitrogens with zero attached hydrogens (tertiary/aromatic N) is 1. The van der Waals surface area contributed by atoms with Crippen molar-refractivity contribution in [3.8, 4) is 0 Å². The van der Waals surface area contributed by atoms with Crippen molar-refractivity contribution in [1.82, 2.24) is 10.2 Å². The lowest BCUT2D eigenvalue weighted by molar-refractivity contribution is 0.0819. The van der Waals surface area contributed by atoms with Gasteiger partial charge in [-0.3, -0.25) is 4.90 Å². The largest absolute Gasteiger partial charge is 0.309 e. The summed E-state index contributed by atoms with van der Waals surface area (Å²) in [6, 6.07) is 2.22. The average Bonchev–Trinajstić information content (AvgIpc) is 2.28. The second-order valence-electron chi connectivity index (χ2n) is 6.02. The maximum Gasteiger partial charge on any atom is 0.0169 e. The zero-order valence-corrected chi connectivity index (χ0v) is 11.2. The zero-order valence-electron chi connectivity index (χ0n) is 11.2. The first-order chi connectivity index (χ1) is 7.69. The van der Waals surface area contributed by atoms with Gasteiger partial charge in [0.1, 0.15) is 0 Å². The van der Waals surface area contributed by atoms with Crippen LogP contribution in [0, 0.1) is 5.92 Å². The fourth-order valence-electron chi connectivity index (χ4n) is 3.63. The minimum atomic E-state index is 0.672. The van der Waals surface area contributed by atoms with E-state index in [1.165, 1.54) is 45.2 Å². The van der Waals surface area contributed by atoms with Gasteiger partial charge in [-0.05, 0) is 32.6 Å². The minimum Gasteiger partial charge on any atom is -0.309 e. The third-order valence-electron chi connectivity index (χ3n) is 4.43. The highest BCUT2D eigenvalue weighted by atomic mass is 15.2. The van der Waals surface area contributed by atoms with Gasteiger partial charge in [0.15, 0.2) is 0 Å². The molecule has 1 saturated carbocycles. The molecule has 0 bridgehead atoms. The monoisotopic (exact) mass is 224 g/mol. The molecule has 2 heteroatoms. The van der Waals surface area contributed by atoms with Crippen LogP contribution in [0.1, 0.15) is 52.9 Å². The quantitative estimate of drug-likeness (QED) is 0.776. The highest BCUT2D eigenvalue weighted by Gasteiger charge is 2.30. The Morgan fingerprint density at radius 3 is 2.44 bits per heavy atom. The van der Waals surface area contributed by atoms with E-state index in [4.69, 9.17) is 0 Å². The van der Waals surface area contributed by atoms with E-state index in [9.17, 15) is 0 Å². The van der Waals surface area contributed by atoms with Gasteiger partial charge >= 0.3 is 0 Å². The van der Waals surface area contributed by atoms with Gasteiger partial charge in [0.05, 0.1) is 0 Å². The lowest BCUT2D eigenvalue weighted by Crippen LogP contribution is -2.57. The second-order valence-corrected chi connectivity index (χ2v) is 6.02. The molecular weight excluding hydrogens is 196 g/mol. The Balaban J connectivity index is 1.90. The molecule has 16 heavy (non-hydrogen) atoms. The van der Waals surface area contributed by atoms with Crippen LogP contribution in [-0.2, 0) is 0 Å². The van der Waals surface area contributed by atoms with Gasteiger partial charge in [0.25, 0.3) is 0 Å². The molecule has 0 aromatic heterocycles. The summed E-state index contributed by atoms with van der Waals surface area (Å²) in [5.41, 5.74) is 0. The first kappa shape index (κ1) is 12.4. The van der Waals surface area contributed by atoms with Crippen molar-refractivity contribution in [3.05, 3.63) is 0 Å². The summed E-state index contributed by atoms with van der Waals surface area (Å²) in [7, 11) is 0. The van der Waals surface area contributed by atoms with E-state index in [0.29, 0.717) is 12.1 Å². The molecule has 0 aromatic rings. The van der Waals surface area contributed by atoms with Crippen LogP contribution in [0.5, 0.6) is 0 Å². The SMILES string of the molecule is CCC1CCCC(N2CC(C)NC(C)C2)C1. The van der Waals surface area contributed by atoms with Crippen LogP contribution in [0.2, 0.25) is 0 Å². The first-order valence-corrected chi connectivity index (χ1v) is 7.19. The Morgan fingerprint density at radius 2 is 1.81 bits per heavy atom. The molecule has 0 amide bonds. The maximum atomic E-state index is 3.63. The van der Waals surface area contributed by atoms with Gasteiger partial charge in [-0.25, -0.2) is 0 Å². The van der Waals surface area contributed by atoms with Crippen molar-refractivity contribution in [2.45, 2.75) is 71.0 Å². The molecular formula is C14H28N2. The summed E-state index contributed by atoms with van der Waals surface area (Å²) in [6.45, 7) is 9.51. The minimum absolute atomic E-state index is 0.672. The van der Waals surface area contributed by atoms with Crippen molar-refractivity contribution in [3.63, 3.8) is 0 Å². The van der Waals surface area contributed by atoms with E-state index in [0.717, 1.165) is 12.0 Å². The summed E-state index contributed by atoms with van der Waals surface area (Å²) in [6.07, 6.45) is 7.21. The van der Waals surface area contributed by atoms with Gasteiger partial charge < -0.3 is 5.32 Å². The molecule has 1 N–H and O–H groups in total. The zero-order chi connectivity index (χ0) is 11.5. The number of nitrogens with one attached hydrogen (secondary N) is 1. The van der Waals surface area contributed by atoms with E-state index < -0.39 is 0 Å². The van der Waals surface area contributed by atoms with Crippen LogP contribution in [0.15, 0.2) is 0 Å². The molecule has 2 aliphatic rings. The van der Waals surface area contributed by atoms with Crippen LogP contribution >= 0.6 is 0 Å². The summed E-state index contributed by atoms with van der Waals surface area (Å²) < 4.78 is 0. The van der Waals surface area contributed by atoms with E-state index >= 15 is 0 Å². The fourth-order valence-corrected chi connectivity index (χ4v) is 3.63. The standard InChI is InChI=1S/C14H28N2/c1-4-13-6-5-7-14(8-13)16-9-11(2)15-12(3)10-16/h11-15H,4-10H2,1-3H3. The third-order valence-corrected chi connectivity index (χ3v) is 4.43. The average molecular weight is 224 g/mol. The number of rotatable bonds is 2. The maximum absolute atomic E-state index is 3.63. The second kappa shape index (κ2) is 5.50. The van der Waals surface area contributed by atoms with Crippen molar-refractivity contribution in [2.24, 2.45) is 5.92 Å². The van der Waals surface area contributed by atoms with Crippen LogP contribution in [0.4, 0.5) is 0 Å². The summed E-state index contributed by atoms with van der Waals surface area (Å²) in [5, 5.41) is 3.63. The Hall–Kier alpha value is -0.0800. The molecule has 2 rings (SSSR count). The van der Waals surface area contributed by atoms with E-state index in [1.807, 2.05) is 0 Å². The summed E-state index contributed by atoms with van der Waals surface area (Å²) in [5.74, 6) is 0.999. The summed E-state index contributed by atoms with van der Waals surface area (Å²) in [4.78, 5) is 2.76. The van der Waals surface area contributed by atoms with Crippen LogP contribution in [0.25, 0.3) is 0 Å². The lowest BCUT2D eigenvalue weighted by Gasteiger charge is -2.43. The Bertz CT molecular complexity index is 207. The predicted molar refractivity (Wildman–Crippen MR) is 69.7 cm³/mol. The predicted octanol–water partition coefficient (Wildman–Crippen LogP) is 2.64. The van der Waals surface area contributed by atoms with Crippen LogP contribution in [0.3, 0.4) is 0 Å². The number of piperazine rings is 1. The van der Waals surface area contributed by atoms with E-state index in [1.54, 1.807) is 0 Å². The van der Waals surface area contributed by atoms with Gasteiger partial charge in [-0.2, -0.15) is 0 Å². The molecule has 1 heterocycles. The van der Waals surface area contributed by atoms with Crippen molar-refractivity contribution in [2.75, 3.05) is 13.1 Å². The van der Waals surface area contributed by atoms with Crippen molar-refractivity contribution >= 4 is 0 Å². The lowest BCUT2D eigenvalue weighted by atomic mass is 9.83. The third kappa shape index (κ3) is 2.98. The van der Waals surface area contributed by atoms with Crippen molar-refractivity contribution in [1.29, 1.82) is 0 Å². The van der Waals surface area contributed by atoms with E-state index in [2.05, 4.69) is 31.0 Å². The van der Waals surface area contributed by atoms with Crippen molar-refractivity contribution < 1.29 is 0 Å². The van der Waals surface area contributed by atoms with Crippen LogP contribution < -0.4 is 5.32 Å². The van der Waals surface area contributed by atoms with Gasteiger partial charge in [0, 0.05) is 31.2 Å². The molecule has 1 aliphatic heterocycles. The highest BCUT2D eigenvalue weighted by Crippen LogP contribution is 2.30.